The number of Topliss-reactive ketones (excluding diaryl/α,β-unsaturated/α-hetero) is 1. The second-order valence-electron chi connectivity index (χ2n) is 4.50. The lowest BCUT2D eigenvalue weighted by atomic mass is 10.1. The molecule has 0 bridgehead atoms. The molecule has 0 aliphatic heterocycles. The maximum absolute atomic E-state index is 11.3. The molecule has 0 aliphatic rings. The number of nitrogens with zero attached hydrogens (tertiary/aromatic N) is 2. The van der Waals surface area contributed by atoms with Crippen LogP contribution in [0.3, 0.4) is 0 Å². The van der Waals surface area contributed by atoms with E-state index in [0.717, 1.165) is 13.0 Å². The number of ketones is 1. The highest BCUT2D eigenvalue weighted by Crippen LogP contribution is 2.25. The van der Waals surface area contributed by atoms with Gasteiger partial charge in [-0.2, -0.15) is 0 Å². The monoisotopic (exact) mass is 266 g/mol. The molecule has 6 nitrogen and oxygen atoms in total. The van der Waals surface area contributed by atoms with Crippen molar-refractivity contribution >= 4 is 11.5 Å². The van der Waals surface area contributed by atoms with E-state index in [4.69, 9.17) is 4.74 Å². The predicted octanol–water partition coefficient (Wildman–Crippen LogP) is 2.13. The zero-order valence-corrected chi connectivity index (χ0v) is 11.4. The molecule has 0 atom stereocenters. The molecule has 1 rings (SSSR count). The van der Waals surface area contributed by atoms with Gasteiger partial charge in [-0.1, -0.05) is 0 Å². The summed E-state index contributed by atoms with van der Waals surface area (Å²) in [6.45, 7) is 2.67. The van der Waals surface area contributed by atoms with Crippen LogP contribution < -0.4 is 4.74 Å². The first-order valence-electron chi connectivity index (χ1n) is 5.98. The fourth-order valence-corrected chi connectivity index (χ4v) is 1.62. The Balaban J connectivity index is 2.73. The average Bonchev–Trinajstić information content (AvgIpc) is 2.33. The van der Waals surface area contributed by atoms with Gasteiger partial charge in [0, 0.05) is 6.54 Å². The largest absolute Gasteiger partial charge is 0.493 e. The molecule has 0 N–H and O–H groups in total. The molecule has 0 saturated heterocycles. The average molecular weight is 266 g/mol. The Morgan fingerprint density at radius 1 is 1.42 bits per heavy atom. The highest BCUT2D eigenvalue weighted by atomic mass is 16.6. The van der Waals surface area contributed by atoms with Crippen molar-refractivity contribution in [2.75, 3.05) is 27.2 Å². The van der Waals surface area contributed by atoms with Gasteiger partial charge >= 0.3 is 0 Å². The summed E-state index contributed by atoms with van der Waals surface area (Å²) in [5.74, 6) is 0.0845. The van der Waals surface area contributed by atoms with E-state index < -0.39 is 4.92 Å². The molecule has 104 valence electrons. The summed E-state index contributed by atoms with van der Waals surface area (Å²) in [5.41, 5.74) is -0.108. The number of nitro groups is 1. The van der Waals surface area contributed by atoms with Gasteiger partial charge in [-0.25, -0.2) is 0 Å². The van der Waals surface area contributed by atoms with Crippen molar-refractivity contribution in [3.63, 3.8) is 0 Å². The number of rotatable bonds is 7. The Bertz CT molecular complexity index is 472. The van der Waals surface area contributed by atoms with Gasteiger partial charge in [0.05, 0.1) is 23.2 Å². The van der Waals surface area contributed by atoms with Gasteiger partial charge in [0.15, 0.2) is 5.78 Å². The summed E-state index contributed by atoms with van der Waals surface area (Å²) >= 11 is 0. The first kappa shape index (κ1) is 15.1. The smallest absolute Gasteiger partial charge is 0.283 e. The Morgan fingerprint density at radius 2 is 2.11 bits per heavy atom. The van der Waals surface area contributed by atoms with Crippen LogP contribution in [0, 0.1) is 10.1 Å². The van der Waals surface area contributed by atoms with Crippen molar-refractivity contribution in [1.82, 2.24) is 4.90 Å². The maximum Gasteiger partial charge on any atom is 0.283 e. The zero-order chi connectivity index (χ0) is 14.4. The van der Waals surface area contributed by atoms with E-state index in [0.29, 0.717) is 12.4 Å². The van der Waals surface area contributed by atoms with E-state index in [1.54, 1.807) is 6.07 Å². The molecule has 0 spiro atoms. The molecule has 0 aliphatic carbocycles. The molecular weight excluding hydrogens is 248 g/mol. The molecule has 0 amide bonds. The van der Waals surface area contributed by atoms with Crippen LogP contribution in [0.5, 0.6) is 5.75 Å². The van der Waals surface area contributed by atoms with Gasteiger partial charge in [0.2, 0.25) is 0 Å². The molecule has 1 aromatic carbocycles. The Kier molecular flexibility index (Phi) is 5.44. The van der Waals surface area contributed by atoms with Crippen LogP contribution in [0.25, 0.3) is 0 Å². The molecule has 0 unspecified atom stereocenters. The summed E-state index contributed by atoms with van der Waals surface area (Å²) in [6.07, 6.45) is 0.829. The van der Waals surface area contributed by atoms with Crippen LogP contribution in [0.4, 0.5) is 5.69 Å². The van der Waals surface area contributed by atoms with Crippen LogP contribution >= 0.6 is 0 Å². The molecule has 0 saturated carbocycles. The van der Waals surface area contributed by atoms with Crippen molar-refractivity contribution in [2.24, 2.45) is 0 Å². The van der Waals surface area contributed by atoms with Gasteiger partial charge in [-0.3, -0.25) is 14.9 Å². The third-order valence-electron chi connectivity index (χ3n) is 2.56. The van der Waals surface area contributed by atoms with E-state index in [9.17, 15) is 14.9 Å². The van der Waals surface area contributed by atoms with Crippen LogP contribution in [0.1, 0.15) is 23.7 Å². The number of ether oxygens (including phenoxy) is 1. The lowest BCUT2D eigenvalue weighted by Crippen LogP contribution is -2.15. The maximum atomic E-state index is 11.3. The fourth-order valence-electron chi connectivity index (χ4n) is 1.62. The van der Waals surface area contributed by atoms with Gasteiger partial charge in [0.25, 0.3) is 5.69 Å². The number of hydrogen-bond donors (Lipinski definition) is 0. The highest BCUT2D eigenvalue weighted by molar-refractivity contribution is 5.98. The SMILES string of the molecule is CC(=O)c1ccc(OCCCN(C)C)cc1[N+](=O)[O-]. The van der Waals surface area contributed by atoms with E-state index >= 15 is 0 Å². The first-order chi connectivity index (χ1) is 8.91. The fraction of sp³-hybridized carbons (Fsp3) is 0.462. The minimum absolute atomic E-state index is 0.102. The standard InChI is InChI=1S/C13H18N2O4/c1-10(16)12-6-5-11(9-13(12)15(17)18)19-8-4-7-14(2)3/h5-6,9H,4,7-8H2,1-3H3. The van der Waals surface area contributed by atoms with Crippen LogP contribution in [0.2, 0.25) is 0 Å². The van der Waals surface area contributed by atoms with Crippen LogP contribution in [0.15, 0.2) is 18.2 Å². The predicted molar refractivity (Wildman–Crippen MR) is 71.8 cm³/mol. The molecule has 0 aromatic heterocycles. The molecule has 1 aromatic rings. The van der Waals surface area contributed by atoms with Gasteiger partial charge < -0.3 is 9.64 Å². The van der Waals surface area contributed by atoms with E-state index in [1.165, 1.54) is 19.1 Å². The summed E-state index contributed by atoms with van der Waals surface area (Å²) in [4.78, 5) is 23.6. The quantitative estimate of drug-likeness (QED) is 0.327. The Labute approximate surface area is 112 Å². The molecule has 0 heterocycles. The van der Waals surface area contributed by atoms with Crippen LogP contribution in [-0.2, 0) is 0 Å². The minimum atomic E-state index is -0.566. The minimum Gasteiger partial charge on any atom is -0.493 e. The lowest BCUT2D eigenvalue weighted by Gasteiger charge is -2.10. The van der Waals surface area contributed by atoms with Crippen LogP contribution in [-0.4, -0.2) is 42.9 Å². The number of carbonyl (C=O) groups excluding carboxylic acids is 1. The topological polar surface area (TPSA) is 72.7 Å². The van der Waals surface area contributed by atoms with E-state index in [-0.39, 0.29) is 17.0 Å². The van der Waals surface area contributed by atoms with Gasteiger partial charge in [0.1, 0.15) is 5.75 Å². The van der Waals surface area contributed by atoms with Crippen molar-refractivity contribution in [1.29, 1.82) is 0 Å². The van der Waals surface area contributed by atoms with Gasteiger partial charge in [-0.05, 0) is 39.6 Å². The molecular formula is C13H18N2O4. The first-order valence-corrected chi connectivity index (χ1v) is 5.98. The van der Waals surface area contributed by atoms with E-state index in [2.05, 4.69) is 0 Å². The summed E-state index contributed by atoms with van der Waals surface area (Å²) in [5, 5.41) is 10.9. The second-order valence-corrected chi connectivity index (χ2v) is 4.50. The van der Waals surface area contributed by atoms with Crippen molar-refractivity contribution < 1.29 is 14.5 Å². The second kappa shape index (κ2) is 6.84. The van der Waals surface area contributed by atoms with Crippen molar-refractivity contribution in [2.45, 2.75) is 13.3 Å². The lowest BCUT2D eigenvalue weighted by molar-refractivity contribution is -0.385. The molecule has 19 heavy (non-hydrogen) atoms. The third-order valence-corrected chi connectivity index (χ3v) is 2.56. The Morgan fingerprint density at radius 3 is 2.63 bits per heavy atom. The Hall–Kier alpha value is -1.95. The van der Waals surface area contributed by atoms with Crippen molar-refractivity contribution in [3.05, 3.63) is 33.9 Å². The third kappa shape index (κ3) is 4.67. The van der Waals surface area contributed by atoms with Gasteiger partial charge in [-0.15, -0.1) is 0 Å². The number of benzene rings is 1. The highest BCUT2D eigenvalue weighted by Gasteiger charge is 2.18. The summed E-state index contributed by atoms with van der Waals surface area (Å²) in [7, 11) is 3.93. The van der Waals surface area contributed by atoms with E-state index in [1.807, 2.05) is 19.0 Å². The normalized spacial score (nSPS) is 10.5. The summed E-state index contributed by atoms with van der Waals surface area (Å²) in [6, 6.07) is 4.31. The van der Waals surface area contributed by atoms with Crippen molar-refractivity contribution in [3.8, 4) is 5.75 Å². The molecule has 0 radical (unpaired) electrons. The zero-order valence-electron chi connectivity index (χ0n) is 11.4. The number of nitro benzene ring substituents is 1. The number of hydrogen-bond acceptors (Lipinski definition) is 5. The number of carbonyl (C=O) groups is 1. The molecule has 6 heteroatoms. The molecule has 0 fully saturated rings. The summed E-state index contributed by atoms with van der Waals surface area (Å²) < 4.78 is 5.44.